The number of carbonyl (C=O) groups excluding carboxylic acids is 2. The SMILES string of the molecule is CCCOC(=O)N1CCN(C(=O)c2ccc3c(Cl)cc(-c4ccccc4)nc3c2)C[C@@H]1C.S. The highest BCUT2D eigenvalue weighted by Gasteiger charge is 2.31. The number of pyridine rings is 1. The molecular formula is C25H28ClN3O3S. The van der Waals surface area contributed by atoms with Crippen LogP contribution in [-0.2, 0) is 4.74 Å². The van der Waals surface area contributed by atoms with Crippen LogP contribution in [-0.4, -0.2) is 59.1 Å². The number of amides is 2. The fraction of sp³-hybridized carbons (Fsp3) is 0.320. The van der Waals surface area contributed by atoms with Gasteiger partial charge in [0.15, 0.2) is 0 Å². The Morgan fingerprint density at radius 3 is 2.58 bits per heavy atom. The minimum Gasteiger partial charge on any atom is -0.449 e. The maximum Gasteiger partial charge on any atom is 0.410 e. The summed E-state index contributed by atoms with van der Waals surface area (Å²) in [5, 5.41) is 1.40. The third kappa shape index (κ3) is 5.42. The van der Waals surface area contributed by atoms with Gasteiger partial charge in [0.1, 0.15) is 0 Å². The molecule has 1 saturated heterocycles. The molecule has 0 bridgehead atoms. The normalized spacial score (nSPS) is 15.8. The second-order valence-corrected chi connectivity index (χ2v) is 8.40. The molecule has 3 aromatic rings. The molecule has 2 amide bonds. The van der Waals surface area contributed by atoms with Gasteiger partial charge in [-0.2, -0.15) is 13.5 Å². The fourth-order valence-electron chi connectivity index (χ4n) is 3.94. The number of nitrogens with zero attached hydrogens (tertiary/aromatic N) is 3. The van der Waals surface area contributed by atoms with Crippen LogP contribution in [0.25, 0.3) is 22.2 Å². The minimum atomic E-state index is -0.315. The van der Waals surface area contributed by atoms with Gasteiger partial charge in [-0.1, -0.05) is 54.9 Å². The van der Waals surface area contributed by atoms with Gasteiger partial charge in [0.05, 0.1) is 22.8 Å². The molecule has 0 aliphatic carbocycles. The molecule has 33 heavy (non-hydrogen) atoms. The highest BCUT2D eigenvalue weighted by molar-refractivity contribution is 7.59. The van der Waals surface area contributed by atoms with E-state index in [1.807, 2.05) is 56.3 Å². The van der Waals surface area contributed by atoms with E-state index in [0.717, 1.165) is 23.1 Å². The van der Waals surface area contributed by atoms with Crippen LogP contribution >= 0.6 is 25.1 Å². The molecule has 0 radical (unpaired) electrons. The van der Waals surface area contributed by atoms with E-state index in [9.17, 15) is 9.59 Å². The van der Waals surface area contributed by atoms with Crippen LogP contribution < -0.4 is 0 Å². The molecule has 0 saturated carbocycles. The van der Waals surface area contributed by atoms with Crippen LogP contribution in [0.15, 0.2) is 54.6 Å². The number of rotatable bonds is 4. The summed E-state index contributed by atoms with van der Waals surface area (Å²) in [5.74, 6) is -0.0802. The second kappa shape index (κ2) is 10.9. The number of fused-ring (bicyclic) bond motifs is 1. The average Bonchev–Trinajstić information content (AvgIpc) is 2.82. The Bertz CT molecular complexity index is 1140. The Balaban J connectivity index is 0.00000306. The maximum atomic E-state index is 13.2. The first kappa shape index (κ1) is 24.9. The van der Waals surface area contributed by atoms with Crippen molar-refractivity contribution in [2.24, 2.45) is 0 Å². The predicted molar refractivity (Wildman–Crippen MR) is 136 cm³/mol. The molecular weight excluding hydrogens is 458 g/mol. The lowest BCUT2D eigenvalue weighted by Gasteiger charge is -2.39. The van der Waals surface area contributed by atoms with Crippen LogP contribution in [0.3, 0.4) is 0 Å². The average molecular weight is 486 g/mol. The van der Waals surface area contributed by atoms with Gasteiger partial charge in [0.25, 0.3) is 5.91 Å². The van der Waals surface area contributed by atoms with E-state index in [0.29, 0.717) is 42.3 Å². The van der Waals surface area contributed by atoms with Crippen molar-refractivity contribution in [3.63, 3.8) is 0 Å². The molecule has 1 aliphatic heterocycles. The molecule has 1 aromatic heterocycles. The Labute approximate surface area is 205 Å². The summed E-state index contributed by atoms with van der Waals surface area (Å²) in [6, 6.07) is 17.0. The monoisotopic (exact) mass is 485 g/mol. The van der Waals surface area contributed by atoms with E-state index in [1.54, 1.807) is 21.9 Å². The van der Waals surface area contributed by atoms with Crippen LogP contribution in [0.2, 0.25) is 5.02 Å². The van der Waals surface area contributed by atoms with Crippen LogP contribution in [0.5, 0.6) is 0 Å². The number of hydrogen-bond acceptors (Lipinski definition) is 4. The maximum absolute atomic E-state index is 13.2. The number of piperazine rings is 1. The van der Waals surface area contributed by atoms with E-state index in [1.165, 1.54) is 0 Å². The topological polar surface area (TPSA) is 62.7 Å². The zero-order valence-electron chi connectivity index (χ0n) is 18.8. The van der Waals surface area contributed by atoms with E-state index < -0.39 is 0 Å². The van der Waals surface area contributed by atoms with E-state index in [2.05, 4.69) is 0 Å². The number of ether oxygens (including phenoxy) is 1. The zero-order chi connectivity index (χ0) is 22.7. The molecule has 8 heteroatoms. The van der Waals surface area contributed by atoms with Gasteiger partial charge in [0.2, 0.25) is 0 Å². The van der Waals surface area contributed by atoms with Crippen molar-refractivity contribution in [2.45, 2.75) is 26.3 Å². The second-order valence-electron chi connectivity index (χ2n) is 8.00. The Morgan fingerprint density at radius 2 is 1.88 bits per heavy atom. The van der Waals surface area contributed by atoms with Crippen molar-refractivity contribution < 1.29 is 14.3 Å². The molecule has 174 valence electrons. The quantitative estimate of drug-likeness (QED) is 0.499. The number of hydrogen-bond donors (Lipinski definition) is 0. The zero-order valence-corrected chi connectivity index (χ0v) is 20.5. The standard InChI is InChI=1S/C25H26ClN3O3.H2S/c1-3-13-32-25(31)29-12-11-28(16-17(29)2)24(30)19-9-10-20-21(26)15-22(27-23(20)14-19)18-7-5-4-6-8-18;/h4-10,14-15,17H,3,11-13,16H2,1-2H3;1H2/t17-;/m0./s1. The summed E-state index contributed by atoms with van der Waals surface area (Å²) in [6.07, 6.45) is 0.467. The van der Waals surface area contributed by atoms with Crippen molar-refractivity contribution in [2.75, 3.05) is 26.2 Å². The highest BCUT2D eigenvalue weighted by atomic mass is 35.5. The van der Waals surface area contributed by atoms with E-state index in [-0.39, 0.29) is 31.5 Å². The number of halogens is 1. The molecule has 0 N–H and O–H groups in total. The summed E-state index contributed by atoms with van der Waals surface area (Å²) in [7, 11) is 0. The molecule has 2 heterocycles. The lowest BCUT2D eigenvalue weighted by atomic mass is 10.1. The minimum absolute atomic E-state index is 0. The lowest BCUT2D eigenvalue weighted by Crippen LogP contribution is -2.55. The fourth-order valence-corrected chi connectivity index (χ4v) is 4.21. The molecule has 4 rings (SSSR count). The number of carbonyl (C=O) groups is 2. The summed E-state index contributed by atoms with van der Waals surface area (Å²) >= 11 is 6.51. The summed E-state index contributed by atoms with van der Waals surface area (Å²) in [6.45, 7) is 5.66. The van der Waals surface area contributed by atoms with Crippen molar-refractivity contribution in [1.29, 1.82) is 0 Å². The summed E-state index contributed by atoms with van der Waals surface area (Å²) in [5.41, 5.74) is 2.96. The smallest absolute Gasteiger partial charge is 0.410 e. The predicted octanol–water partition coefficient (Wildman–Crippen LogP) is 5.36. The lowest BCUT2D eigenvalue weighted by molar-refractivity contribution is 0.0412. The Morgan fingerprint density at radius 1 is 1.12 bits per heavy atom. The van der Waals surface area contributed by atoms with E-state index in [4.69, 9.17) is 21.3 Å². The summed E-state index contributed by atoms with van der Waals surface area (Å²) in [4.78, 5) is 33.6. The molecule has 1 atom stereocenters. The van der Waals surface area contributed by atoms with Gasteiger partial charge in [-0.05, 0) is 31.5 Å². The molecule has 6 nitrogen and oxygen atoms in total. The molecule has 1 aliphatic rings. The number of benzene rings is 2. The van der Waals surface area contributed by atoms with Crippen molar-refractivity contribution in [3.05, 3.63) is 65.2 Å². The van der Waals surface area contributed by atoms with Gasteiger partial charge in [-0.25, -0.2) is 9.78 Å². The van der Waals surface area contributed by atoms with Gasteiger partial charge in [-0.15, -0.1) is 0 Å². The first-order valence-electron chi connectivity index (χ1n) is 10.9. The van der Waals surface area contributed by atoms with E-state index >= 15 is 0 Å². The number of aromatic nitrogens is 1. The Hall–Kier alpha value is -2.77. The van der Waals surface area contributed by atoms with Crippen molar-refractivity contribution in [1.82, 2.24) is 14.8 Å². The molecule has 0 spiro atoms. The van der Waals surface area contributed by atoms with Crippen molar-refractivity contribution in [3.8, 4) is 11.3 Å². The first-order valence-corrected chi connectivity index (χ1v) is 11.2. The molecule has 1 fully saturated rings. The third-order valence-electron chi connectivity index (χ3n) is 5.65. The Kier molecular flexibility index (Phi) is 8.21. The van der Waals surface area contributed by atoms with Gasteiger partial charge in [0, 0.05) is 42.2 Å². The first-order chi connectivity index (χ1) is 15.5. The van der Waals surface area contributed by atoms with Gasteiger partial charge >= 0.3 is 6.09 Å². The van der Waals surface area contributed by atoms with Gasteiger partial charge in [-0.3, -0.25) is 4.79 Å². The molecule has 0 unspecified atom stereocenters. The van der Waals surface area contributed by atoms with Crippen molar-refractivity contribution >= 4 is 48.0 Å². The van der Waals surface area contributed by atoms with Gasteiger partial charge < -0.3 is 14.5 Å². The van der Waals surface area contributed by atoms with Crippen LogP contribution in [0.4, 0.5) is 4.79 Å². The molecule has 2 aromatic carbocycles. The largest absolute Gasteiger partial charge is 0.449 e. The van der Waals surface area contributed by atoms with Crippen LogP contribution in [0.1, 0.15) is 30.6 Å². The van der Waals surface area contributed by atoms with Crippen LogP contribution in [0, 0.1) is 0 Å². The highest BCUT2D eigenvalue weighted by Crippen LogP contribution is 2.29. The third-order valence-corrected chi connectivity index (χ3v) is 5.97. The summed E-state index contributed by atoms with van der Waals surface area (Å²) < 4.78 is 5.25.